The second-order valence-electron chi connectivity index (χ2n) is 7.79. The fraction of sp³-hybridized carbons (Fsp3) is 0.957. The van der Waals surface area contributed by atoms with Crippen molar-refractivity contribution in [1.29, 1.82) is 0 Å². The molecule has 0 aliphatic carbocycles. The van der Waals surface area contributed by atoms with Crippen LogP contribution >= 0.6 is 0 Å². The maximum atomic E-state index is 13.7. The van der Waals surface area contributed by atoms with Gasteiger partial charge < -0.3 is 0 Å². The zero-order chi connectivity index (χ0) is 20.2. The Labute approximate surface area is 167 Å². The summed E-state index contributed by atoms with van der Waals surface area (Å²) in [6.45, 7) is 6.15. The van der Waals surface area contributed by atoms with E-state index in [0.29, 0.717) is 0 Å². The molecule has 4 heteroatoms. The summed E-state index contributed by atoms with van der Waals surface area (Å²) >= 11 is 0. The van der Waals surface area contributed by atoms with Gasteiger partial charge in [0.1, 0.15) is 6.10 Å². The van der Waals surface area contributed by atoms with Crippen LogP contribution in [0.15, 0.2) is 0 Å². The molecule has 3 nitrogen and oxygen atoms in total. The summed E-state index contributed by atoms with van der Waals surface area (Å²) in [5, 5.41) is 0. The normalized spacial score (nSPS) is 12.5. The monoisotopic (exact) mass is 388 g/mol. The van der Waals surface area contributed by atoms with Gasteiger partial charge in [-0.25, -0.2) is 9.18 Å². The molecule has 0 aromatic rings. The Hall–Kier alpha value is -0.640. The fourth-order valence-electron chi connectivity index (χ4n) is 3.23. The van der Waals surface area contributed by atoms with E-state index in [9.17, 15) is 9.18 Å². The third kappa shape index (κ3) is 17.2. The number of halogens is 1. The molecule has 0 bridgehead atoms. The molecule has 0 saturated carbocycles. The highest BCUT2D eigenvalue weighted by atomic mass is 19.1. The second-order valence-corrected chi connectivity index (χ2v) is 7.79. The Morgan fingerprint density at radius 2 is 1.11 bits per heavy atom. The van der Waals surface area contributed by atoms with Crippen LogP contribution in [0.1, 0.15) is 130 Å². The van der Waals surface area contributed by atoms with E-state index in [0.717, 1.165) is 32.1 Å². The van der Waals surface area contributed by atoms with Crippen LogP contribution in [-0.2, 0) is 14.6 Å². The molecule has 0 N–H and O–H groups in total. The Bertz CT molecular complexity index is 319. The molecule has 0 saturated heterocycles. The van der Waals surface area contributed by atoms with Crippen molar-refractivity contribution < 1.29 is 19.0 Å². The average molecular weight is 389 g/mol. The number of carbonyl (C=O) groups excluding carboxylic acids is 1. The Morgan fingerprint density at radius 3 is 1.52 bits per heavy atom. The summed E-state index contributed by atoms with van der Waals surface area (Å²) in [4.78, 5) is 21.1. The average Bonchev–Trinajstić information content (AvgIpc) is 2.68. The van der Waals surface area contributed by atoms with Crippen LogP contribution in [0.5, 0.6) is 0 Å². The molecule has 0 fully saturated rings. The first-order valence-electron chi connectivity index (χ1n) is 11.7. The zero-order valence-corrected chi connectivity index (χ0v) is 18.3. The topological polar surface area (TPSA) is 35.5 Å². The molecule has 0 aliphatic rings. The van der Waals surface area contributed by atoms with Crippen molar-refractivity contribution in [2.24, 2.45) is 0 Å². The van der Waals surface area contributed by atoms with Gasteiger partial charge in [-0.05, 0) is 25.7 Å². The first-order chi connectivity index (χ1) is 13.2. The van der Waals surface area contributed by atoms with Gasteiger partial charge in [-0.2, -0.15) is 4.89 Å². The third-order valence-corrected chi connectivity index (χ3v) is 5.24. The Balaban J connectivity index is 3.35. The third-order valence-electron chi connectivity index (χ3n) is 5.24. The van der Waals surface area contributed by atoms with Crippen molar-refractivity contribution in [2.75, 3.05) is 0 Å². The number of hydrogen-bond donors (Lipinski definition) is 0. The fourth-order valence-corrected chi connectivity index (χ4v) is 3.23. The van der Waals surface area contributed by atoms with Crippen LogP contribution in [-0.4, -0.2) is 18.2 Å². The van der Waals surface area contributed by atoms with Crippen LogP contribution in [0.4, 0.5) is 4.39 Å². The molecule has 0 aromatic carbocycles. The van der Waals surface area contributed by atoms with Gasteiger partial charge >= 0.3 is 5.97 Å². The van der Waals surface area contributed by atoms with E-state index in [1.807, 2.05) is 13.8 Å². The summed E-state index contributed by atoms with van der Waals surface area (Å²) in [6.07, 6.45) is 17.7. The van der Waals surface area contributed by atoms with Gasteiger partial charge in [-0.3, -0.25) is 4.89 Å². The minimum absolute atomic E-state index is 0.137. The lowest BCUT2D eigenvalue weighted by Crippen LogP contribution is -2.22. The lowest BCUT2D eigenvalue weighted by Gasteiger charge is -2.13. The molecular weight excluding hydrogens is 343 g/mol. The number of carbonyl (C=O) groups is 1. The molecule has 0 aliphatic heterocycles. The second kappa shape index (κ2) is 20.1. The number of alkyl halides is 1. The van der Waals surface area contributed by atoms with Crippen molar-refractivity contribution in [2.45, 2.75) is 142 Å². The van der Waals surface area contributed by atoms with E-state index >= 15 is 0 Å². The first-order valence-corrected chi connectivity index (χ1v) is 11.7. The number of hydrogen-bond acceptors (Lipinski definition) is 3. The van der Waals surface area contributed by atoms with E-state index in [4.69, 9.17) is 4.89 Å². The molecule has 162 valence electrons. The quantitative estimate of drug-likeness (QED) is 0.121. The molecule has 0 radical (unpaired) electrons. The predicted molar refractivity (Wildman–Crippen MR) is 111 cm³/mol. The van der Waals surface area contributed by atoms with Gasteiger partial charge in [0.2, 0.25) is 6.17 Å². The summed E-state index contributed by atoms with van der Waals surface area (Å²) in [5.41, 5.74) is 0. The Kier molecular flexibility index (Phi) is 19.6. The van der Waals surface area contributed by atoms with Crippen molar-refractivity contribution in [3.8, 4) is 0 Å². The van der Waals surface area contributed by atoms with Crippen molar-refractivity contribution in [1.82, 2.24) is 0 Å². The van der Waals surface area contributed by atoms with Crippen LogP contribution in [0.3, 0.4) is 0 Å². The molecule has 0 heterocycles. The number of unbranched alkanes of at least 4 members (excludes halogenated alkanes) is 13. The minimum atomic E-state index is -1.56. The first kappa shape index (κ1) is 26.4. The molecule has 1 atom stereocenters. The molecule has 0 amide bonds. The lowest BCUT2D eigenvalue weighted by molar-refractivity contribution is -0.302. The SMILES string of the molecule is CCCCCCCCCCCCCCCCC(F)C(=O)OOC(CC)CC. The highest BCUT2D eigenvalue weighted by Crippen LogP contribution is 2.15. The molecule has 0 spiro atoms. The highest BCUT2D eigenvalue weighted by molar-refractivity contribution is 5.73. The van der Waals surface area contributed by atoms with Gasteiger partial charge in [-0.15, -0.1) is 0 Å². The molecule has 0 rings (SSSR count). The van der Waals surface area contributed by atoms with E-state index in [1.165, 1.54) is 70.6 Å². The Morgan fingerprint density at radius 1 is 0.704 bits per heavy atom. The van der Waals surface area contributed by atoms with E-state index < -0.39 is 12.1 Å². The largest absolute Gasteiger partial charge is 0.376 e. The van der Waals surface area contributed by atoms with Crippen LogP contribution < -0.4 is 0 Å². The van der Waals surface area contributed by atoms with Crippen molar-refractivity contribution in [3.05, 3.63) is 0 Å². The molecule has 27 heavy (non-hydrogen) atoms. The van der Waals surface area contributed by atoms with E-state index in [-0.39, 0.29) is 12.5 Å². The summed E-state index contributed by atoms with van der Waals surface area (Å²) in [6, 6.07) is 0. The summed E-state index contributed by atoms with van der Waals surface area (Å²) < 4.78 is 13.7. The summed E-state index contributed by atoms with van der Waals surface area (Å²) in [7, 11) is 0. The summed E-state index contributed by atoms with van der Waals surface area (Å²) in [5.74, 6) is -0.878. The minimum Gasteiger partial charge on any atom is -0.295 e. The smallest absolute Gasteiger partial charge is 0.295 e. The van der Waals surface area contributed by atoms with E-state index in [2.05, 4.69) is 11.8 Å². The maximum absolute atomic E-state index is 13.7. The highest BCUT2D eigenvalue weighted by Gasteiger charge is 2.20. The standard InChI is InChI=1S/C23H45FO3/c1-4-7-8-9-10-11-12-13-14-15-16-17-18-19-20-22(24)23(25)27-26-21(5-2)6-3/h21-22H,4-20H2,1-3H3. The van der Waals surface area contributed by atoms with Gasteiger partial charge in [0.25, 0.3) is 0 Å². The maximum Gasteiger partial charge on any atom is 0.376 e. The van der Waals surface area contributed by atoms with Gasteiger partial charge in [0, 0.05) is 0 Å². The molecular formula is C23H45FO3. The van der Waals surface area contributed by atoms with Gasteiger partial charge in [-0.1, -0.05) is 104 Å². The lowest BCUT2D eigenvalue weighted by atomic mass is 10.0. The van der Waals surface area contributed by atoms with Crippen molar-refractivity contribution >= 4 is 5.97 Å². The predicted octanol–water partition coefficient (Wildman–Crippen LogP) is 7.86. The number of rotatable bonds is 20. The zero-order valence-electron chi connectivity index (χ0n) is 18.3. The van der Waals surface area contributed by atoms with Crippen molar-refractivity contribution in [3.63, 3.8) is 0 Å². The van der Waals surface area contributed by atoms with E-state index in [1.54, 1.807) is 0 Å². The van der Waals surface area contributed by atoms with Crippen LogP contribution in [0, 0.1) is 0 Å². The molecule has 1 unspecified atom stereocenters. The van der Waals surface area contributed by atoms with Crippen LogP contribution in [0.25, 0.3) is 0 Å². The van der Waals surface area contributed by atoms with Crippen LogP contribution in [0.2, 0.25) is 0 Å². The van der Waals surface area contributed by atoms with Gasteiger partial charge in [0.15, 0.2) is 0 Å². The van der Waals surface area contributed by atoms with Gasteiger partial charge in [0.05, 0.1) is 0 Å². The molecule has 0 aromatic heterocycles.